The molecule has 11 heavy (non-hydrogen) atoms. The molecule has 0 fully saturated rings. The maximum absolute atomic E-state index is 4.10. The summed E-state index contributed by atoms with van der Waals surface area (Å²) >= 11 is 0. The van der Waals surface area contributed by atoms with Gasteiger partial charge < -0.3 is 0 Å². The fourth-order valence-corrected chi connectivity index (χ4v) is 0.784. The molecule has 58 valence electrons. The molecule has 0 radical (unpaired) electrons. The summed E-state index contributed by atoms with van der Waals surface area (Å²) in [6.07, 6.45) is 3.23. The van der Waals surface area contributed by atoms with E-state index in [1.165, 1.54) is 0 Å². The Hall–Kier alpha value is -1.45. The Kier molecular flexibility index (Phi) is 2.15. The van der Waals surface area contributed by atoms with Crippen LogP contribution >= 0.6 is 0 Å². The Morgan fingerprint density at radius 2 is 2.36 bits per heavy atom. The van der Waals surface area contributed by atoms with E-state index in [-0.39, 0.29) is 0 Å². The van der Waals surface area contributed by atoms with E-state index in [0.29, 0.717) is 5.82 Å². The van der Waals surface area contributed by atoms with Gasteiger partial charge in [-0.05, 0) is 6.92 Å². The van der Waals surface area contributed by atoms with Crippen molar-refractivity contribution >= 4 is 12.4 Å². The average molecular weight is 150 g/mol. The van der Waals surface area contributed by atoms with Crippen molar-refractivity contribution in [3.05, 3.63) is 18.2 Å². The highest BCUT2D eigenvalue weighted by Crippen LogP contribution is 1.94. The molecule has 0 bridgehead atoms. The average Bonchev–Trinajstić information content (AvgIpc) is 2.32. The van der Waals surface area contributed by atoms with Crippen LogP contribution in [0.5, 0.6) is 0 Å². The fourth-order valence-electron chi connectivity index (χ4n) is 0.784. The van der Waals surface area contributed by atoms with E-state index in [0.717, 1.165) is 5.82 Å². The zero-order valence-corrected chi connectivity index (χ0v) is 6.65. The summed E-state index contributed by atoms with van der Waals surface area (Å²) in [5.41, 5.74) is 0. The van der Waals surface area contributed by atoms with Gasteiger partial charge in [-0.3, -0.25) is 4.99 Å². The van der Waals surface area contributed by atoms with Gasteiger partial charge >= 0.3 is 0 Å². The summed E-state index contributed by atoms with van der Waals surface area (Å²) in [6, 6.07) is 0. The third-order valence-corrected chi connectivity index (χ3v) is 1.18. The van der Waals surface area contributed by atoms with Gasteiger partial charge in [0.15, 0.2) is 5.82 Å². The number of hydrogen-bond donors (Lipinski definition) is 0. The van der Waals surface area contributed by atoms with E-state index in [1.807, 2.05) is 6.92 Å². The third kappa shape index (κ3) is 1.52. The summed E-state index contributed by atoms with van der Waals surface area (Å²) < 4.78 is 1.59. The fraction of sp³-hybridized carbons (Fsp3) is 0.286. The van der Waals surface area contributed by atoms with Gasteiger partial charge in [-0.2, -0.15) is 5.10 Å². The minimum atomic E-state index is 0.708. The van der Waals surface area contributed by atoms with Crippen LogP contribution < -0.4 is 0 Å². The van der Waals surface area contributed by atoms with Crippen LogP contribution in [0.4, 0.5) is 0 Å². The van der Waals surface area contributed by atoms with E-state index in [1.54, 1.807) is 24.1 Å². The Bertz CT molecular complexity index is 285. The minimum Gasteiger partial charge on any atom is -0.293 e. The first-order valence-electron chi connectivity index (χ1n) is 3.25. The van der Waals surface area contributed by atoms with Crippen molar-refractivity contribution in [3.8, 4) is 0 Å². The van der Waals surface area contributed by atoms with Crippen molar-refractivity contribution in [1.29, 1.82) is 0 Å². The topological polar surface area (TPSA) is 43.1 Å². The van der Waals surface area contributed by atoms with E-state index < -0.39 is 0 Å². The molecule has 0 aliphatic carbocycles. The third-order valence-electron chi connectivity index (χ3n) is 1.18. The number of hydrogen-bond acceptors (Lipinski definition) is 3. The van der Waals surface area contributed by atoms with Crippen LogP contribution in [0.3, 0.4) is 0 Å². The number of aliphatic imine (C=N–C) groups is 1. The molecule has 1 aromatic rings. The maximum Gasteiger partial charge on any atom is 0.173 e. The summed E-state index contributed by atoms with van der Waals surface area (Å²) in [4.78, 5) is 7.93. The van der Waals surface area contributed by atoms with Crippen LogP contribution in [-0.4, -0.2) is 28.0 Å². The summed E-state index contributed by atoms with van der Waals surface area (Å²) in [7, 11) is 1.69. The van der Waals surface area contributed by atoms with Gasteiger partial charge in [-0.25, -0.2) is 9.67 Å². The SMILES string of the molecule is C=Cn1nc(C)nc1/C=N\C. The lowest BCUT2D eigenvalue weighted by molar-refractivity contribution is 0.907. The lowest BCUT2D eigenvalue weighted by Gasteiger charge is -1.89. The van der Waals surface area contributed by atoms with Gasteiger partial charge in [-0.15, -0.1) is 0 Å². The number of aryl methyl sites for hydroxylation is 1. The molecule has 4 heteroatoms. The van der Waals surface area contributed by atoms with Crippen LogP contribution in [-0.2, 0) is 0 Å². The van der Waals surface area contributed by atoms with Crippen molar-refractivity contribution in [3.63, 3.8) is 0 Å². The predicted octanol–water partition coefficient (Wildman–Crippen LogP) is 0.736. The zero-order chi connectivity index (χ0) is 8.27. The molecule has 0 aromatic carbocycles. The maximum atomic E-state index is 4.10. The van der Waals surface area contributed by atoms with Gasteiger partial charge in [0, 0.05) is 13.2 Å². The molecular formula is C7H10N4. The molecular weight excluding hydrogens is 140 g/mol. The molecule has 1 rings (SSSR count). The standard InChI is InChI=1S/C7H10N4/c1-4-11-7(5-8-3)9-6(2)10-11/h4-5H,1H2,2-3H3/b8-5-. The predicted molar refractivity (Wildman–Crippen MR) is 44.7 cm³/mol. The first kappa shape index (κ1) is 7.65. The molecule has 0 saturated heterocycles. The molecule has 0 saturated carbocycles. The lowest BCUT2D eigenvalue weighted by Crippen LogP contribution is -1.95. The number of rotatable bonds is 2. The second-order valence-electron chi connectivity index (χ2n) is 2.03. The quantitative estimate of drug-likeness (QED) is 0.583. The first-order chi connectivity index (χ1) is 5.27. The van der Waals surface area contributed by atoms with Crippen molar-refractivity contribution in [1.82, 2.24) is 14.8 Å². The van der Waals surface area contributed by atoms with Gasteiger partial charge in [0.1, 0.15) is 5.82 Å². The minimum absolute atomic E-state index is 0.708. The summed E-state index contributed by atoms with van der Waals surface area (Å²) in [5.74, 6) is 1.43. The molecule has 0 amide bonds. The van der Waals surface area contributed by atoms with Crippen LogP contribution in [0.2, 0.25) is 0 Å². The Labute approximate surface area is 65.3 Å². The first-order valence-corrected chi connectivity index (χ1v) is 3.25. The van der Waals surface area contributed by atoms with Crippen molar-refractivity contribution in [2.45, 2.75) is 6.92 Å². The Morgan fingerprint density at radius 3 is 2.91 bits per heavy atom. The molecule has 0 N–H and O–H groups in total. The number of aromatic nitrogens is 3. The molecule has 4 nitrogen and oxygen atoms in total. The number of nitrogens with zero attached hydrogens (tertiary/aromatic N) is 4. The highest BCUT2D eigenvalue weighted by Gasteiger charge is 1.99. The lowest BCUT2D eigenvalue weighted by atomic mass is 10.6. The van der Waals surface area contributed by atoms with E-state index in [9.17, 15) is 0 Å². The largest absolute Gasteiger partial charge is 0.293 e. The van der Waals surface area contributed by atoms with Crippen LogP contribution in [0.25, 0.3) is 6.20 Å². The van der Waals surface area contributed by atoms with Crippen LogP contribution in [0, 0.1) is 6.92 Å². The molecule has 1 heterocycles. The molecule has 0 spiro atoms. The van der Waals surface area contributed by atoms with Crippen LogP contribution in [0.15, 0.2) is 11.6 Å². The highest BCUT2D eigenvalue weighted by atomic mass is 15.3. The Balaban J connectivity index is 3.11. The highest BCUT2D eigenvalue weighted by molar-refractivity contribution is 5.75. The summed E-state index contributed by atoms with van der Waals surface area (Å²) in [5, 5.41) is 4.04. The van der Waals surface area contributed by atoms with Gasteiger partial charge in [-0.1, -0.05) is 6.58 Å². The summed E-state index contributed by atoms with van der Waals surface area (Å²) in [6.45, 7) is 5.41. The molecule has 1 aromatic heterocycles. The van der Waals surface area contributed by atoms with Crippen LogP contribution in [0.1, 0.15) is 11.6 Å². The Morgan fingerprint density at radius 1 is 1.64 bits per heavy atom. The second kappa shape index (κ2) is 3.09. The molecule has 0 aliphatic rings. The monoisotopic (exact) mass is 150 g/mol. The normalized spacial score (nSPS) is 10.7. The van der Waals surface area contributed by atoms with E-state index >= 15 is 0 Å². The smallest absolute Gasteiger partial charge is 0.173 e. The van der Waals surface area contributed by atoms with Crippen molar-refractivity contribution in [2.75, 3.05) is 7.05 Å². The molecule has 0 unspecified atom stereocenters. The van der Waals surface area contributed by atoms with Gasteiger partial charge in [0.2, 0.25) is 0 Å². The second-order valence-corrected chi connectivity index (χ2v) is 2.03. The van der Waals surface area contributed by atoms with E-state index in [4.69, 9.17) is 0 Å². The molecule has 0 atom stereocenters. The van der Waals surface area contributed by atoms with Gasteiger partial charge in [0.25, 0.3) is 0 Å². The van der Waals surface area contributed by atoms with Crippen molar-refractivity contribution in [2.24, 2.45) is 4.99 Å². The van der Waals surface area contributed by atoms with Gasteiger partial charge in [0.05, 0.1) is 6.21 Å². The zero-order valence-electron chi connectivity index (χ0n) is 6.65. The molecule has 0 aliphatic heterocycles. The van der Waals surface area contributed by atoms with Crippen molar-refractivity contribution < 1.29 is 0 Å². The van der Waals surface area contributed by atoms with E-state index in [2.05, 4.69) is 21.7 Å².